The van der Waals surface area contributed by atoms with Crippen molar-refractivity contribution in [1.29, 1.82) is 0 Å². The van der Waals surface area contributed by atoms with Gasteiger partial charge in [0.25, 0.3) is 0 Å². The molecule has 0 bridgehead atoms. The van der Waals surface area contributed by atoms with Crippen molar-refractivity contribution in [2.45, 2.75) is 52.9 Å². The molecule has 0 saturated carbocycles. The van der Waals surface area contributed by atoms with Gasteiger partial charge in [-0.05, 0) is 39.8 Å². The van der Waals surface area contributed by atoms with Crippen molar-refractivity contribution in [3.05, 3.63) is 36.4 Å². The third-order valence-electron chi connectivity index (χ3n) is 6.91. The molecule has 0 radical (unpaired) electrons. The van der Waals surface area contributed by atoms with Crippen molar-refractivity contribution in [1.82, 2.24) is 39.2 Å². The quantitative estimate of drug-likeness (QED) is 0.391. The van der Waals surface area contributed by atoms with Gasteiger partial charge in [-0.15, -0.1) is 0 Å². The lowest BCUT2D eigenvalue weighted by Crippen LogP contribution is -2.41. The van der Waals surface area contributed by atoms with Gasteiger partial charge in [0.15, 0.2) is 22.8 Å². The molecular formula is C27H33N9O3. The average molecular weight is 532 g/mol. The molecule has 6 heterocycles. The van der Waals surface area contributed by atoms with Crippen molar-refractivity contribution in [2.75, 3.05) is 37.7 Å². The standard InChI is InChI=1S/C27H33N9O3/c1-5-35-23(18-6-8-28-9-7-18)30-21-24(33-12-14-38-15-13-33)31-22(32-25(21)35)19-16-29-36-11-10-34(17-20(19)36)26(37)39-27(2,3)4/h6-9,16H,5,10-15,17H2,1-4H3. The highest BCUT2D eigenvalue weighted by atomic mass is 16.6. The van der Waals surface area contributed by atoms with Crippen LogP contribution in [0.1, 0.15) is 33.4 Å². The molecule has 0 atom stereocenters. The smallest absolute Gasteiger partial charge is 0.410 e. The predicted molar refractivity (Wildman–Crippen MR) is 145 cm³/mol. The Morgan fingerprint density at radius 3 is 2.54 bits per heavy atom. The third-order valence-corrected chi connectivity index (χ3v) is 6.91. The molecule has 12 heteroatoms. The number of carbonyl (C=O) groups is 1. The summed E-state index contributed by atoms with van der Waals surface area (Å²) in [4.78, 5) is 36.1. The Hall–Kier alpha value is -4.06. The van der Waals surface area contributed by atoms with Gasteiger partial charge in [-0.25, -0.2) is 19.7 Å². The second-order valence-electron chi connectivity index (χ2n) is 10.7. The van der Waals surface area contributed by atoms with Crippen molar-refractivity contribution >= 4 is 23.1 Å². The van der Waals surface area contributed by atoms with E-state index in [1.807, 2.05) is 37.6 Å². The first kappa shape index (κ1) is 25.2. The largest absolute Gasteiger partial charge is 0.444 e. The summed E-state index contributed by atoms with van der Waals surface area (Å²) in [6.45, 7) is 12.5. The number of aromatic nitrogens is 7. The van der Waals surface area contributed by atoms with Crippen LogP contribution >= 0.6 is 0 Å². The fraction of sp³-hybridized carbons (Fsp3) is 0.481. The summed E-state index contributed by atoms with van der Waals surface area (Å²) in [5.74, 6) is 2.16. The minimum atomic E-state index is -0.566. The van der Waals surface area contributed by atoms with Gasteiger partial charge in [-0.1, -0.05) is 0 Å². The number of morpholine rings is 1. The number of amides is 1. The number of imidazole rings is 1. The average Bonchev–Trinajstić information content (AvgIpc) is 3.53. The van der Waals surface area contributed by atoms with Crippen LogP contribution in [0.4, 0.5) is 10.6 Å². The van der Waals surface area contributed by atoms with E-state index in [1.54, 1.807) is 23.5 Å². The summed E-state index contributed by atoms with van der Waals surface area (Å²) < 4.78 is 15.3. The fourth-order valence-corrected chi connectivity index (χ4v) is 5.04. The Morgan fingerprint density at radius 2 is 1.82 bits per heavy atom. The summed E-state index contributed by atoms with van der Waals surface area (Å²) in [6.07, 6.45) is 5.00. The molecule has 0 aliphatic carbocycles. The zero-order valence-corrected chi connectivity index (χ0v) is 22.8. The van der Waals surface area contributed by atoms with Crippen LogP contribution in [-0.2, 0) is 29.1 Å². The first-order valence-corrected chi connectivity index (χ1v) is 13.4. The van der Waals surface area contributed by atoms with Crippen molar-refractivity contribution < 1.29 is 14.3 Å². The van der Waals surface area contributed by atoms with Gasteiger partial charge >= 0.3 is 6.09 Å². The summed E-state index contributed by atoms with van der Waals surface area (Å²) in [6, 6.07) is 3.91. The van der Waals surface area contributed by atoms with Crippen LogP contribution in [0, 0.1) is 0 Å². The van der Waals surface area contributed by atoms with Gasteiger partial charge in [0.1, 0.15) is 11.4 Å². The predicted octanol–water partition coefficient (Wildman–Crippen LogP) is 3.36. The lowest BCUT2D eigenvalue weighted by atomic mass is 10.2. The molecule has 0 spiro atoms. The molecule has 0 unspecified atom stereocenters. The van der Waals surface area contributed by atoms with Crippen LogP contribution < -0.4 is 4.90 Å². The molecule has 0 N–H and O–H groups in total. The minimum absolute atomic E-state index is 0.336. The molecular weight excluding hydrogens is 498 g/mol. The molecule has 1 saturated heterocycles. The summed E-state index contributed by atoms with van der Waals surface area (Å²) in [5, 5.41) is 4.61. The maximum atomic E-state index is 12.9. The SMILES string of the molecule is CCn1c(-c2ccncc2)nc2c(N3CCOCC3)nc(-c3cnn4c3CN(C(=O)OC(C)(C)C)CC4)nc21. The molecule has 12 nitrogen and oxygen atoms in total. The number of carbonyl (C=O) groups excluding carboxylic acids is 1. The van der Waals surface area contributed by atoms with Crippen molar-refractivity contribution in [2.24, 2.45) is 0 Å². The molecule has 2 aliphatic heterocycles. The lowest BCUT2D eigenvalue weighted by Gasteiger charge is -2.31. The number of hydrogen-bond donors (Lipinski definition) is 0. The zero-order chi connectivity index (χ0) is 27.1. The molecule has 4 aromatic heterocycles. The Kier molecular flexibility index (Phi) is 6.42. The Labute approximate surface area is 226 Å². The van der Waals surface area contributed by atoms with Gasteiger partial charge < -0.3 is 23.8 Å². The molecule has 1 amide bonds. The molecule has 1 fully saturated rings. The van der Waals surface area contributed by atoms with E-state index in [-0.39, 0.29) is 6.09 Å². The van der Waals surface area contributed by atoms with E-state index in [0.29, 0.717) is 58.3 Å². The maximum absolute atomic E-state index is 12.9. The normalized spacial score (nSPS) is 16.0. The van der Waals surface area contributed by atoms with Crippen LogP contribution in [0.5, 0.6) is 0 Å². The van der Waals surface area contributed by atoms with Crippen LogP contribution in [0.3, 0.4) is 0 Å². The maximum Gasteiger partial charge on any atom is 0.410 e. The van der Waals surface area contributed by atoms with Crippen LogP contribution in [0.15, 0.2) is 30.7 Å². The van der Waals surface area contributed by atoms with E-state index in [4.69, 9.17) is 24.4 Å². The topological polar surface area (TPSA) is 116 Å². The Balaban J connectivity index is 1.47. The molecule has 204 valence electrons. The zero-order valence-electron chi connectivity index (χ0n) is 22.8. The summed E-state index contributed by atoms with van der Waals surface area (Å²) in [5.41, 5.74) is 3.60. The fourth-order valence-electron chi connectivity index (χ4n) is 5.04. The van der Waals surface area contributed by atoms with Gasteiger partial charge in [-0.3, -0.25) is 9.67 Å². The molecule has 0 aromatic carbocycles. The number of hydrogen-bond acceptors (Lipinski definition) is 9. The first-order valence-electron chi connectivity index (χ1n) is 13.4. The lowest BCUT2D eigenvalue weighted by molar-refractivity contribution is 0.0195. The van der Waals surface area contributed by atoms with E-state index >= 15 is 0 Å². The number of nitrogens with zero attached hydrogens (tertiary/aromatic N) is 9. The summed E-state index contributed by atoms with van der Waals surface area (Å²) in [7, 11) is 0. The minimum Gasteiger partial charge on any atom is -0.444 e. The second-order valence-corrected chi connectivity index (χ2v) is 10.7. The monoisotopic (exact) mass is 531 g/mol. The number of pyridine rings is 1. The van der Waals surface area contributed by atoms with Crippen LogP contribution in [0.25, 0.3) is 33.9 Å². The number of anilines is 1. The first-order chi connectivity index (χ1) is 18.8. The third kappa shape index (κ3) is 4.80. The van der Waals surface area contributed by atoms with Crippen LogP contribution in [-0.4, -0.2) is 83.7 Å². The Bertz CT molecular complexity index is 1500. The molecule has 4 aromatic rings. The Morgan fingerprint density at radius 1 is 1.05 bits per heavy atom. The van der Waals surface area contributed by atoms with Gasteiger partial charge in [-0.2, -0.15) is 5.10 Å². The van der Waals surface area contributed by atoms with Crippen molar-refractivity contribution in [3.63, 3.8) is 0 Å². The van der Waals surface area contributed by atoms with Gasteiger partial charge in [0, 0.05) is 44.1 Å². The van der Waals surface area contributed by atoms with E-state index in [0.717, 1.165) is 39.6 Å². The second kappa shape index (κ2) is 9.92. The van der Waals surface area contributed by atoms with Crippen LogP contribution in [0.2, 0.25) is 0 Å². The van der Waals surface area contributed by atoms with E-state index in [1.165, 1.54) is 0 Å². The summed E-state index contributed by atoms with van der Waals surface area (Å²) >= 11 is 0. The highest BCUT2D eigenvalue weighted by molar-refractivity contribution is 5.89. The molecule has 2 aliphatic rings. The van der Waals surface area contributed by atoms with Gasteiger partial charge in [0.2, 0.25) is 0 Å². The van der Waals surface area contributed by atoms with E-state index in [2.05, 4.69) is 26.5 Å². The van der Waals surface area contributed by atoms with E-state index < -0.39 is 5.60 Å². The highest BCUT2D eigenvalue weighted by Crippen LogP contribution is 2.33. The van der Waals surface area contributed by atoms with Gasteiger partial charge in [0.05, 0.1) is 43.8 Å². The van der Waals surface area contributed by atoms with E-state index in [9.17, 15) is 4.79 Å². The number of fused-ring (bicyclic) bond motifs is 2. The highest BCUT2D eigenvalue weighted by Gasteiger charge is 2.30. The number of rotatable bonds is 4. The van der Waals surface area contributed by atoms with Crippen molar-refractivity contribution in [3.8, 4) is 22.8 Å². The molecule has 39 heavy (non-hydrogen) atoms. The number of aryl methyl sites for hydroxylation is 1. The number of ether oxygens (including phenoxy) is 2. The molecule has 6 rings (SSSR count).